The molecule has 0 fully saturated rings. The smallest absolute Gasteiger partial charge is 0.139 e. The molecule has 96 valence electrons. The van der Waals surface area contributed by atoms with E-state index in [-0.39, 0.29) is 0 Å². The van der Waals surface area contributed by atoms with Crippen LogP contribution in [0, 0.1) is 0 Å². The second kappa shape index (κ2) is 4.99. The maximum atomic E-state index is 6.02. The van der Waals surface area contributed by atoms with Gasteiger partial charge in [0, 0.05) is 41.7 Å². The number of hydrogen-bond donors (Lipinski definition) is 1. The molecule has 3 aromatic heterocycles. The van der Waals surface area contributed by atoms with Crippen LogP contribution in [0.2, 0.25) is 5.02 Å². The third kappa shape index (κ3) is 2.20. The molecule has 0 radical (unpaired) electrons. The van der Waals surface area contributed by atoms with Gasteiger partial charge < -0.3 is 10.1 Å². The second-order valence-electron chi connectivity index (χ2n) is 4.25. The zero-order valence-corrected chi connectivity index (χ0v) is 11.0. The van der Waals surface area contributed by atoms with Gasteiger partial charge in [-0.15, -0.1) is 0 Å². The van der Waals surface area contributed by atoms with Crippen LogP contribution in [-0.2, 0) is 6.42 Å². The molecule has 0 spiro atoms. The Morgan fingerprint density at radius 3 is 2.74 bits per heavy atom. The van der Waals surface area contributed by atoms with Crippen LogP contribution in [-0.4, -0.2) is 20.9 Å². The second-order valence-corrected chi connectivity index (χ2v) is 4.69. The van der Waals surface area contributed by atoms with Crippen LogP contribution >= 0.6 is 11.6 Å². The summed E-state index contributed by atoms with van der Waals surface area (Å²) in [6.45, 7) is 0.578. The SMILES string of the molecule is NCCc1c(-c2ccncc2)nc2cc(Cl)ccn12. The first-order valence-electron chi connectivity index (χ1n) is 6.06. The van der Waals surface area contributed by atoms with Crippen molar-refractivity contribution in [1.82, 2.24) is 14.4 Å². The molecular formula is C14H13ClN4. The molecule has 0 aromatic carbocycles. The first kappa shape index (κ1) is 12.1. The van der Waals surface area contributed by atoms with Crippen LogP contribution in [0.4, 0.5) is 0 Å². The number of fused-ring (bicyclic) bond motifs is 1. The molecule has 0 atom stereocenters. The van der Waals surface area contributed by atoms with Gasteiger partial charge in [-0.1, -0.05) is 11.6 Å². The van der Waals surface area contributed by atoms with Gasteiger partial charge in [-0.25, -0.2) is 4.98 Å². The van der Waals surface area contributed by atoms with Gasteiger partial charge in [0.15, 0.2) is 0 Å². The molecule has 5 heteroatoms. The lowest BCUT2D eigenvalue weighted by Gasteiger charge is -2.03. The number of aromatic nitrogens is 3. The Bertz CT molecular complexity index is 706. The summed E-state index contributed by atoms with van der Waals surface area (Å²) in [6, 6.07) is 7.60. The van der Waals surface area contributed by atoms with Gasteiger partial charge in [0.05, 0.1) is 11.4 Å². The molecule has 0 bridgehead atoms. The normalized spacial score (nSPS) is 11.1. The largest absolute Gasteiger partial charge is 0.330 e. The van der Waals surface area contributed by atoms with Crippen molar-refractivity contribution < 1.29 is 0 Å². The van der Waals surface area contributed by atoms with Crippen LogP contribution in [0.5, 0.6) is 0 Å². The fourth-order valence-electron chi connectivity index (χ4n) is 2.19. The summed E-state index contributed by atoms with van der Waals surface area (Å²) in [7, 11) is 0. The minimum absolute atomic E-state index is 0.578. The topological polar surface area (TPSA) is 56.2 Å². The summed E-state index contributed by atoms with van der Waals surface area (Å²) in [5.74, 6) is 0. The van der Waals surface area contributed by atoms with Crippen LogP contribution in [0.15, 0.2) is 42.9 Å². The zero-order chi connectivity index (χ0) is 13.2. The lowest BCUT2D eigenvalue weighted by molar-refractivity contribution is 0.907. The number of imidazole rings is 1. The van der Waals surface area contributed by atoms with Gasteiger partial charge in [0.2, 0.25) is 0 Å². The minimum atomic E-state index is 0.578. The number of pyridine rings is 2. The average Bonchev–Trinajstić information content (AvgIpc) is 2.78. The van der Waals surface area contributed by atoms with Gasteiger partial charge in [0.25, 0.3) is 0 Å². The lowest BCUT2D eigenvalue weighted by atomic mass is 10.1. The van der Waals surface area contributed by atoms with E-state index in [0.29, 0.717) is 11.6 Å². The fourth-order valence-corrected chi connectivity index (χ4v) is 2.34. The molecule has 0 amide bonds. The summed E-state index contributed by atoms with van der Waals surface area (Å²) in [4.78, 5) is 8.69. The van der Waals surface area contributed by atoms with Crippen LogP contribution in [0.3, 0.4) is 0 Å². The molecule has 3 aromatic rings. The molecule has 0 unspecified atom stereocenters. The van der Waals surface area contributed by atoms with E-state index in [1.54, 1.807) is 12.4 Å². The Kier molecular flexibility index (Phi) is 3.19. The highest BCUT2D eigenvalue weighted by Gasteiger charge is 2.13. The summed E-state index contributed by atoms with van der Waals surface area (Å²) in [6.07, 6.45) is 6.22. The van der Waals surface area contributed by atoms with Crippen molar-refractivity contribution >= 4 is 17.2 Å². The first-order valence-corrected chi connectivity index (χ1v) is 6.44. The van der Waals surface area contributed by atoms with E-state index in [0.717, 1.165) is 29.0 Å². The molecule has 0 saturated heterocycles. The Hall–Kier alpha value is -1.91. The monoisotopic (exact) mass is 272 g/mol. The van der Waals surface area contributed by atoms with E-state index in [4.69, 9.17) is 17.3 Å². The molecule has 0 aliphatic rings. The van der Waals surface area contributed by atoms with Crippen molar-refractivity contribution in [3.05, 3.63) is 53.6 Å². The van der Waals surface area contributed by atoms with Crippen molar-refractivity contribution in [3.8, 4) is 11.3 Å². The Morgan fingerprint density at radius 1 is 1.21 bits per heavy atom. The molecular weight excluding hydrogens is 260 g/mol. The summed E-state index contributed by atoms with van der Waals surface area (Å²) < 4.78 is 2.04. The average molecular weight is 273 g/mol. The Labute approximate surface area is 115 Å². The maximum absolute atomic E-state index is 6.02. The quantitative estimate of drug-likeness (QED) is 0.797. The highest BCUT2D eigenvalue weighted by molar-refractivity contribution is 6.30. The maximum Gasteiger partial charge on any atom is 0.139 e. The Balaban J connectivity index is 2.26. The zero-order valence-electron chi connectivity index (χ0n) is 10.3. The predicted molar refractivity (Wildman–Crippen MR) is 76.2 cm³/mol. The first-order chi connectivity index (χ1) is 9.29. The van der Waals surface area contributed by atoms with Gasteiger partial charge in [-0.3, -0.25) is 4.98 Å². The van der Waals surface area contributed by atoms with Gasteiger partial charge in [-0.05, 0) is 24.7 Å². The van der Waals surface area contributed by atoms with Gasteiger partial charge >= 0.3 is 0 Å². The highest BCUT2D eigenvalue weighted by Crippen LogP contribution is 2.25. The number of rotatable bonds is 3. The van der Waals surface area contributed by atoms with Crippen molar-refractivity contribution in [2.24, 2.45) is 5.73 Å². The number of hydrogen-bond acceptors (Lipinski definition) is 3. The molecule has 2 N–H and O–H groups in total. The van der Waals surface area contributed by atoms with E-state index in [1.807, 2.05) is 34.9 Å². The standard InChI is InChI=1S/C14H13ClN4/c15-11-4-8-19-12(1-5-16)14(18-13(19)9-11)10-2-6-17-7-3-10/h2-4,6-9H,1,5,16H2. The number of nitrogens with two attached hydrogens (primary N) is 1. The fraction of sp³-hybridized carbons (Fsp3) is 0.143. The number of halogens is 1. The van der Waals surface area contributed by atoms with Gasteiger partial charge in [-0.2, -0.15) is 0 Å². The van der Waals surface area contributed by atoms with E-state index in [2.05, 4.69) is 9.97 Å². The van der Waals surface area contributed by atoms with Crippen molar-refractivity contribution in [2.45, 2.75) is 6.42 Å². The van der Waals surface area contributed by atoms with Crippen molar-refractivity contribution in [2.75, 3.05) is 6.54 Å². The molecule has 0 aliphatic heterocycles. The molecule has 19 heavy (non-hydrogen) atoms. The van der Waals surface area contributed by atoms with Crippen LogP contribution < -0.4 is 5.73 Å². The van der Waals surface area contributed by atoms with E-state index < -0.39 is 0 Å². The number of nitrogens with zero attached hydrogens (tertiary/aromatic N) is 3. The Morgan fingerprint density at radius 2 is 2.00 bits per heavy atom. The third-order valence-corrected chi connectivity index (χ3v) is 3.26. The van der Waals surface area contributed by atoms with Crippen molar-refractivity contribution in [3.63, 3.8) is 0 Å². The molecule has 3 heterocycles. The lowest BCUT2D eigenvalue weighted by Crippen LogP contribution is -2.06. The molecule has 0 aliphatic carbocycles. The van der Waals surface area contributed by atoms with Gasteiger partial charge in [0.1, 0.15) is 5.65 Å². The molecule has 0 saturated carbocycles. The third-order valence-electron chi connectivity index (χ3n) is 3.02. The predicted octanol–water partition coefficient (Wildman–Crippen LogP) is 2.55. The van der Waals surface area contributed by atoms with E-state index in [9.17, 15) is 0 Å². The van der Waals surface area contributed by atoms with Crippen LogP contribution in [0.1, 0.15) is 5.69 Å². The van der Waals surface area contributed by atoms with Crippen LogP contribution in [0.25, 0.3) is 16.9 Å². The summed E-state index contributed by atoms with van der Waals surface area (Å²) >= 11 is 6.02. The van der Waals surface area contributed by atoms with Crippen molar-refractivity contribution in [1.29, 1.82) is 0 Å². The minimum Gasteiger partial charge on any atom is -0.330 e. The van der Waals surface area contributed by atoms with E-state index in [1.165, 1.54) is 0 Å². The van der Waals surface area contributed by atoms with E-state index >= 15 is 0 Å². The molecule has 3 rings (SSSR count). The summed E-state index contributed by atoms with van der Waals surface area (Å²) in [5.41, 5.74) is 9.62. The summed E-state index contributed by atoms with van der Waals surface area (Å²) in [5, 5.41) is 0.679. The highest BCUT2D eigenvalue weighted by atomic mass is 35.5. The molecule has 4 nitrogen and oxygen atoms in total.